The molecular weight excluding hydrogens is 343 g/mol. The normalized spacial score (nSPS) is 24.7. The third-order valence-electron chi connectivity index (χ3n) is 7.42. The number of rotatable bonds is 6. The van der Waals surface area contributed by atoms with Gasteiger partial charge in [-0.1, -0.05) is 75.8 Å². The number of benzene rings is 2. The van der Waals surface area contributed by atoms with E-state index in [9.17, 15) is 4.39 Å². The molecule has 0 aromatic heterocycles. The third kappa shape index (κ3) is 4.67. The number of hydrogen-bond donors (Lipinski definition) is 0. The lowest BCUT2D eigenvalue weighted by atomic mass is 9.69. The van der Waals surface area contributed by atoms with Crippen LogP contribution in [0.5, 0.6) is 0 Å². The first-order chi connectivity index (χ1) is 13.7. The van der Waals surface area contributed by atoms with E-state index in [1.165, 1.54) is 81.8 Å². The minimum absolute atomic E-state index is 0.162. The second-order valence-electron chi connectivity index (χ2n) is 9.27. The van der Waals surface area contributed by atoms with Crippen molar-refractivity contribution in [3.63, 3.8) is 0 Å². The van der Waals surface area contributed by atoms with E-state index in [1.807, 2.05) is 12.1 Å². The van der Waals surface area contributed by atoms with Crippen molar-refractivity contribution in [1.82, 2.24) is 0 Å². The third-order valence-corrected chi connectivity index (χ3v) is 7.42. The van der Waals surface area contributed by atoms with Gasteiger partial charge in [-0.2, -0.15) is 0 Å². The molecule has 1 unspecified atom stereocenters. The summed E-state index contributed by atoms with van der Waals surface area (Å²) in [5.74, 6) is 2.69. The van der Waals surface area contributed by atoms with E-state index in [0.717, 1.165) is 23.3 Å². The summed E-state index contributed by atoms with van der Waals surface area (Å²) in [7, 11) is 0. The average molecular weight is 379 g/mol. The monoisotopic (exact) mass is 378 g/mol. The lowest BCUT2D eigenvalue weighted by Crippen LogP contribution is -2.26. The standard InChI is InChI=1S/C27H35F/c1-2-3-4-5-20-6-8-21(9-7-20)23-10-12-26-19-24(11-13-25(26)18-23)22-14-16-27(28)17-15-22/h11,13-17,19-21,23H,2-10,12,18H2,1H3. The van der Waals surface area contributed by atoms with E-state index in [1.54, 1.807) is 17.7 Å². The highest BCUT2D eigenvalue weighted by Gasteiger charge is 2.30. The molecule has 0 radical (unpaired) electrons. The zero-order chi connectivity index (χ0) is 19.3. The Balaban J connectivity index is 1.35. The number of unbranched alkanes of at least 4 members (excludes halogenated alkanes) is 2. The van der Waals surface area contributed by atoms with Gasteiger partial charge in [-0.15, -0.1) is 0 Å². The van der Waals surface area contributed by atoms with Crippen LogP contribution in [-0.2, 0) is 12.8 Å². The smallest absolute Gasteiger partial charge is 0.123 e. The second-order valence-corrected chi connectivity index (χ2v) is 9.27. The van der Waals surface area contributed by atoms with Gasteiger partial charge in [0.25, 0.3) is 0 Å². The maximum atomic E-state index is 13.2. The van der Waals surface area contributed by atoms with Gasteiger partial charge in [0.05, 0.1) is 0 Å². The molecular formula is C27H35F. The molecule has 0 heterocycles. The molecule has 0 amide bonds. The summed E-state index contributed by atoms with van der Waals surface area (Å²) in [4.78, 5) is 0. The topological polar surface area (TPSA) is 0 Å². The highest BCUT2D eigenvalue weighted by molar-refractivity contribution is 5.65. The minimum atomic E-state index is -0.162. The molecule has 1 atom stereocenters. The Labute approximate surface area is 170 Å². The SMILES string of the molecule is CCCCCC1CCC(C2CCc3cc(-c4ccc(F)cc4)ccc3C2)CC1. The van der Waals surface area contributed by atoms with E-state index in [4.69, 9.17) is 0 Å². The first-order valence-electron chi connectivity index (χ1n) is 11.6. The van der Waals surface area contributed by atoms with Crippen LogP contribution in [0, 0.1) is 23.6 Å². The molecule has 2 aliphatic rings. The molecule has 28 heavy (non-hydrogen) atoms. The van der Waals surface area contributed by atoms with Crippen LogP contribution >= 0.6 is 0 Å². The Morgan fingerprint density at radius 2 is 1.54 bits per heavy atom. The lowest BCUT2D eigenvalue weighted by Gasteiger charge is -2.36. The summed E-state index contributed by atoms with van der Waals surface area (Å²) in [6.45, 7) is 2.31. The van der Waals surface area contributed by atoms with Crippen LogP contribution in [0.1, 0.15) is 75.8 Å². The van der Waals surface area contributed by atoms with Gasteiger partial charge in [0, 0.05) is 0 Å². The molecule has 0 spiro atoms. The van der Waals surface area contributed by atoms with Crippen molar-refractivity contribution < 1.29 is 4.39 Å². The zero-order valence-corrected chi connectivity index (χ0v) is 17.4. The van der Waals surface area contributed by atoms with Crippen molar-refractivity contribution in [3.05, 3.63) is 59.4 Å². The van der Waals surface area contributed by atoms with Crippen molar-refractivity contribution in [2.45, 2.75) is 77.6 Å². The summed E-state index contributed by atoms with van der Waals surface area (Å²) in [5, 5.41) is 0. The highest BCUT2D eigenvalue weighted by atomic mass is 19.1. The van der Waals surface area contributed by atoms with Gasteiger partial charge in [-0.05, 0) is 84.2 Å². The predicted molar refractivity (Wildman–Crippen MR) is 117 cm³/mol. The molecule has 0 saturated heterocycles. The average Bonchev–Trinajstić information content (AvgIpc) is 2.74. The molecule has 0 N–H and O–H groups in total. The van der Waals surface area contributed by atoms with Crippen molar-refractivity contribution >= 4 is 0 Å². The van der Waals surface area contributed by atoms with E-state index in [2.05, 4.69) is 25.1 Å². The quantitative estimate of drug-likeness (QED) is 0.447. The van der Waals surface area contributed by atoms with Gasteiger partial charge >= 0.3 is 0 Å². The predicted octanol–water partition coefficient (Wildman–Crippen LogP) is 7.98. The summed E-state index contributed by atoms with van der Waals surface area (Å²) >= 11 is 0. The molecule has 2 aromatic rings. The molecule has 150 valence electrons. The van der Waals surface area contributed by atoms with Crippen LogP contribution in [0.2, 0.25) is 0 Å². The molecule has 2 aliphatic carbocycles. The fourth-order valence-electron chi connectivity index (χ4n) is 5.64. The van der Waals surface area contributed by atoms with Crippen LogP contribution in [-0.4, -0.2) is 0 Å². The Hall–Kier alpha value is -1.63. The number of hydrogen-bond acceptors (Lipinski definition) is 0. The van der Waals surface area contributed by atoms with E-state index < -0.39 is 0 Å². The van der Waals surface area contributed by atoms with Crippen molar-refractivity contribution in [2.75, 3.05) is 0 Å². The number of fused-ring (bicyclic) bond motifs is 1. The van der Waals surface area contributed by atoms with E-state index in [0.29, 0.717) is 0 Å². The van der Waals surface area contributed by atoms with Crippen LogP contribution < -0.4 is 0 Å². The molecule has 2 aromatic carbocycles. The van der Waals surface area contributed by atoms with Crippen molar-refractivity contribution in [1.29, 1.82) is 0 Å². The van der Waals surface area contributed by atoms with Crippen LogP contribution in [0.15, 0.2) is 42.5 Å². The van der Waals surface area contributed by atoms with Gasteiger partial charge in [-0.3, -0.25) is 0 Å². The van der Waals surface area contributed by atoms with E-state index in [-0.39, 0.29) is 5.82 Å². The van der Waals surface area contributed by atoms with E-state index >= 15 is 0 Å². The largest absolute Gasteiger partial charge is 0.207 e. The molecule has 0 bridgehead atoms. The van der Waals surface area contributed by atoms with Crippen LogP contribution in [0.25, 0.3) is 11.1 Å². The Morgan fingerprint density at radius 1 is 0.786 bits per heavy atom. The Kier molecular flexibility index (Phi) is 6.50. The molecule has 1 fully saturated rings. The summed E-state index contributed by atoms with van der Waals surface area (Å²) in [6.07, 6.45) is 15.4. The minimum Gasteiger partial charge on any atom is -0.207 e. The maximum Gasteiger partial charge on any atom is 0.123 e. The fraction of sp³-hybridized carbons (Fsp3) is 0.556. The van der Waals surface area contributed by atoms with Gasteiger partial charge in [-0.25, -0.2) is 4.39 Å². The Bertz CT molecular complexity index is 752. The first kappa shape index (κ1) is 19.7. The summed E-state index contributed by atoms with van der Waals surface area (Å²) in [6, 6.07) is 13.8. The zero-order valence-electron chi connectivity index (χ0n) is 17.4. The second kappa shape index (κ2) is 9.25. The molecule has 1 heteroatoms. The maximum absolute atomic E-state index is 13.2. The summed E-state index contributed by atoms with van der Waals surface area (Å²) in [5.41, 5.74) is 5.43. The Morgan fingerprint density at radius 3 is 2.29 bits per heavy atom. The van der Waals surface area contributed by atoms with Crippen LogP contribution in [0.4, 0.5) is 4.39 Å². The van der Waals surface area contributed by atoms with Gasteiger partial charge in [0.1, 0.15) is 5.82 Å². The molecule has 0 aliphatic heterocycles. The number of halogens is 1. The van der Waals surface area contributed by atoms with Gasteiger partial charge in [0.2, 0.25) is 0 Å². The number of aryl methyl sites for hydroxylation is 1. The first-order valence-corrected chi connectivity index (χ1v) is 11.6. The van der Waals surface area contributed by atoms with Crippen molar-refractivity contribution in [2.24, 2.45) is 17.8 Å². The fourth-order valence-corrected chi connectivity index (χ4v) is 5.64. The molecule has 0 nitrogen and oxygen atoms in total. The van der Waals surface area contributed by atoms with Gasteiger partial charge in [0.15, 0.2) is 0 Å². The molecule has 1 saturated carbocycles. The summed E-state index contributed by atoms with van der Waals surface area (Å²) < 4.78 is 13.2. The van der Waals surface area contributed by atoms with Gasteiger partial charge < -0.3 is 0 Å². The lowest BCUT2D eigenvalue weighted by molar-refractivity contribution is 0.183. The molecule has 4 rings (SSSR count). The van der Waals surface area contributed by atoms with Crippen molar-refractivity contribution in [3.8, 4) is 11.1 Å². The van der Waals surface area contributed by atoms with Crippen LogP contribution in [0.3, 0.4) is 0 Å². The highest BCUT2D eigenvalue weighted by Crippen LogP contribution is 2.41.